The van der Waals surface area contributed by atoms with E-state index >= 15 is 0 Å². The van der Waals surface area contributed by atoms with Crippen LogP contribution in [0.3, 0.4) is 0 Å². The van der Waals surface area contributed by atoms with Crippen LogP contribution in [-0.2, 0) is 35.3 Å². The van der Waals surface area contributed by atoms with Crippen molar-refractivity contribution in [1.29, 1.82) is 0 Å². The molecular weight excluding hydrogens is 384 g/mol. The molecule has 0 aliphatic rings. The molecule has 3 atom stereocenters. The summed E-state index contributed by atoms with van der Waals surface area (Å²) in [6, 6.07) is 1.71. The number of hydrogen-bond donors (Lipinski definition) is 2. The minimum absolute atomic E-state index is 0.0458. The second kappa shape index (κ2) is 9.94. The number of aliphatic hydroxyl groups is 1. The number of anilines is 1. The number of hydrogen-bond acceptors (Lipinski definition) is 9. The molecule has 2 N–H and O–H groups in total. The number of aromatic nitrogens is 3. The number of carbonyl (C=O) groups excluding carboxylic acids is 3. The number of amides is 1. The summed E-state index contributed by atoms with van der Waals surface area (Å²) in [7, 11) is 0. The summed E-state index contributed by atoms with van der Waals surface area (Å²) in [4.78, 5) is 42.2. The molecule has 0 fully saturated rings. The minimum atomic E-state index is -1.01. The topological polar surface area (TPSA) is 142 Å². The molecule has 0 bridgehead atoms. The van der Waals surface area contributed by atoms with E-state index in [0.717, 1.165) is 0 Å². The first-order valence-electron chi connectivity index (χ1n) is 8.87. The van der Waals surface area contributed by atoms with E-state index in [2.05, 4.69) is 15.3 Å². The summed E-state index contributed by atoms with van der Waals surface area (Å²) in [5, 5.41) is 13.0. The van der Waals surface area contributed by atoms with E-state index in [1.165, 1.54) is 27.1 Å². The molecule has 1 amide bonds. The van der Waals surface area contributed by atoms with Crippen LogP contribution >= 0.6 is 0 Å². The smallest absolute Gasteiger partial charge is 0.303 e. The van der Waals surface area contributed by atoms with Crippen molar-refractivity contribution in [3.63, 3.8) is 0 Å². The third-order valence-corrected chi connectivity index (χ3v) is 3.94. The van der Waals surface area contributed by atoms with Gasteiger partial charge in [0.2, 0.25) is 5.91 Å². The van der Waals surface area contributed by atoms with Gasteiger partial charge >= 0.3 is 11.9 Å². The van der Waals surface area contributed by atoms with E-state index in [0.29, 0.717) is 16.9 Å². The number of carbonyl (C=O) groups is 3. The lowest BCUT2D eigenvalue weighted by atomic mass is 10.1. The molecule has 2 aromatic rings. The molecule has 0 saturated heterocycles. The summed E-state index contributed by atoms with van der Waals surface area (Å²) < 4.78 is 17.6. The van der Waals surface area contributed by atoms with Crippen LogP contribution < -0.4 is 5.32 Å². The summed E-state index contributed by atoms with van der Waals surface area (Å²) in [5.41, 5.74) is 0.498. The van der Waals surface area contributed by atoms with Gasteiger partial charge in [-0.05, 0) is 13.0 Å². The first kappa shape index (κ1) is 22.2. The Hall–Kier alpha value is -3.05. The van der Waals surface area contributed by atoms with Gasteiger partial charge in [-0.2, -0.15) is 0 Å². The zero-order valence-electron chi connectivity index (χ0n) is 16.6. The molecule has 11 heteroatoms. The van der Waals surface area contributed by atoms with E-state index in [-0.39, 0.29) is 12.6 Å². The van der Waals surface area contributed by atoms with Crippen LogP contribution in [0, 0.1) is 0 Å². The van der Waals surface area contributed by atoms with Gasteiger partial charge in [-0.3, -0.25) is 14.4 Å². The van der Waals surface area contributed by atoms with E-state index in [4.69, 9.17) is 14.2 Å². The highest BCUT2D eigenvalue weighted by atomic mass is 16.6. The number of fused-ring (bicyclic) bond motifs is 1. The lowest BCUT2D eigenvalue weighted by Crippen LogP contribution is -2.45. The van der Waals surface area contributed by atoms with E-state index in [1.807, 2.05) is 0 Å². The number of rotatable bonds is 9. The Balaban J connectivity index is 2.19. The Labute approximate surface area is 167 Å². The highest BCUT2D eigenvalue weighted by molar-refractivity contribution is 5.97. The Morgan fingerprint density at radius 1 is 1.17 bits per heavy atom. The first-order valence-corrected chi connectivity index (χ1v) is 8.87. The van der Waals surface area contributed by atoms with Crippen molar-refractivity contribution < 1.29 is 33.7 Å². The van der Waals surface area contributed by atoms with E-state index in [9.17, 15) is 19.5 Å². The predicted octanol–water partition coefficient (Wildman–Crippen LogP) is 0.608. The SMILES string of the molecule is CC(=O)Nc1ncnc2c1ccn2CO[C@H](CO)C(OC(C)=O)C(C)OC(C)=O. The Morgan fingerprint density at radius 3 is 2.45 bits per heavy atom. The molecule has 2 rings (SSSR count). The van der Waals surface area contributed by atoms with Gasteiger partial charge < -0.3 is 29.2 Å². The van der Waals surface area contributed by atoms with Crippen LogP contribution in [-0.4, -0.2) is 62.4 Å². The summed E-state index contributed by atoms with van der Waals surface area (Å²) in [5.74, 6) is -1.06. The molecule has 0 aliphatic carbocycles. The standard InChI is InChI=1S/C18H24N4O7/c1-10(28-12(3)25)16(29-13(4)26)15(7-23)27-9-22-6-5-14-17(21-11(2)24)19-8-20-18(14)22/h5-6,8,10,15-16,23H,7,9H2,1-4H3,(H,19,20,21,24)/t10?,15-,16?/m1/s1. The maximum Gasteiger partial charge on any atom is 0.303 e. The average molecular weight is 408 g/mol. The van der Waals surface area contributed by atoms with Crippen LogP contribution in [0.5, 0.6) is 0 Å². The Kier molecular flexibility index (Phi) is 7.62. The van der Waals surface area contributed by atoms with Crippen molar-refractivity contribution in [2.75, 3.05) is 11.9 Å². The third kappa shape index (κ3) is 5.96. The fraction of sp³-hybridized carbons (Fsp3) is 0.500. The van der Waals surface area contributed by atoms with Crippen LogP contribution in [0.2, 0.25) is 0 Å². The molecule has 0 aliphatic heterocycles. The lowest BCUT2D eigenvalue weighted by Gasteiger charge is -2.29. The van der Waals surface area contributed by atoms with Gasteiger partial charge in [0.05, 0.1) is 12.0 Å². The second-order valence-corrected chi connectivity index (χ2v) is 6.33. The molecule has 2 aromatic heterocycles. The summed E-state index contributed by atoms with van der Waals surface area (Å²) >= 11 is 0. The van der Waals surface area contributed by atoms with Crippen LogP contribution in [0.1, 0.15) is 27.7 Å². The molecule has 0 aromatic carbocycles. The normalized spacial score (nSPS) is 14.1. The highest BCUT2D eigenvalue weighted by Gasteiger charge is 2.32. The molecule has 0 saturated carbocycles. The van der Waals surface area contributed by atoms with Crippen molar-refractivity contribution in [3.05, 3.63) is 18.6 Å². The molecule has 11 nitrogen and oxygen atoms in total. The largest absolute Gasteiger partial charge is 0.459 e. The molecular formula is C18H24N4O7. The van der Waals surface area contributed by atoms with Crippen molar-refractivity contribution in [2.45, 2.75) is 52.7 Å². The molecule has 0 radical (unpaired) electrons. The number of aliphatic hydroxyl groups excluding tert-OH is 1. The molecule has 158 valence electrons. The van der Waals surface area contributed by atoms with Crippen molar-refractivity contribution in [1.82, 2.24) is 14.5 Å². The zero-order chi connectivity index (χ0) is 21.6. The second-order valence-electron chi connectivity index (χ2n) is 6.33. The fourth-order valence-corrected chi connectivity index (χ4v) is 2.80. The Morgan fingerprint density at radius 2 is 1.86 bits per heavy atom. The zero-order valence-corrected chi connectivity index (χ0v) is 16.6. The quantitative estimate of drug-likeness (QED) is 0.571. The van der Waals surface area contributed by atoms with Crippen molar-refractivity contribution in [3.8, 4) is 0 Å². The summed E-state index contributed by atoms with van der Waals surface area (Å²) in [6.07, 6.45) is 0.187. The van der Waals surface area contributed by atoms with Crippen LogP contribution in [0.15, 0.2) is 18.6 Å². The van der Waals surface area contributed by atoms with Gasteiger partial charge in [-0.25, -0.2) is 9.97 Å². The lowest BCUT2D eigenvalue weighted by molar-refractivity contribution is -0.183. The third-order valence-electron chi connectivity index (χ3n) is 3.94. The van der Waals surface area contributed by atoms with Crippen molar-refractivity contribution >= 4 is 34.7 Å². The fourth-order valence-electron chi connectivity index (χ4n) is 2.80. The van der Waals surface area contributed by atoms with E-state index in [1.54, 1.807) is 23.8 Å². The van der Waals surface area contributed by atoms with Gasteiger partial charge in [-0.1, -0.05) is 0 Å². The van der Waals surface area contributed by atoms with Crippen molar-refractivity contribution in [2.24, 2.45) is 0 Å². The average Bonchev–Trinajstić information content (AvgIpc) is 3.04. The maximum atomic E-state index is 11.4. The maximum absolute atomic E-state index is 11.4. The predicted molar refractivity (Wildman–Crippen MR) is 101 cm³/mol. The number of esters is 2. The van der Waals surface area contributed by atoms with Gasteiger partial charge in [0.1, 0.15) is 36.7 Å². The monoisotopic (exact) mass is 408 g/mol. The molecule has 0 spiro atoms. The number of nitrogens with one attached hydrogen (secondary N) is 1. The number of nitrogens with zero attached hydrogens (tertiary/aromatic N) is 3. The molecule has 29 heavy (non-hydrogen) atoms. The molecule has 2 heterocycles. The van der Waals surface area contributed by atoms with Crippen LogP contribution in [0.4, 0.5) is 5.82 Å². The van der Waals surface area contributed by atoms with Gasteiger partial charge in [-0.15, -0.1) is 0 Å². The minimum Gasteiger partial charge on any atom is -0.459 e. The van der Waals surface area contributed by atoms with E-state index < -0.39 is 36.9 Å². The van der Waals surface area contributed by atoms with Gasteiger partial charge in [0.25, 0.3) is 0 Å². The summed E-state index contributed by atoms with van der Waals surface area (Å²) in [6.45, 7) is 4.83. The van der Waals surface area contributed by atoms with Gasteiger partial charge in [0, 0.05) is 27.0 Å². The first-order chi connectivity index (χ1) is 13.7. The molecule has 2 unspecified atom stereocenters. The van der Waals surface area contributed by atoms with Crippen LogP contribution in [0.25, 0.3) is 11.0 Å². The Bertz CT molecular complexity index is 882. The number of ether oxygens (including phenoxy) is 3. The highest BCUT2D eigenvalue weighted by Crippen LogP contribution is 2.21. The van der Waals surface area contributed by atoms with Gasteiger partial charge in [0.15, 0.2) is 6.10 Å².